The van der Waals surface area contributed by atoms with Gasteiger partial charge in [0.15, 0.2) is 0 Å². The molecule has 4 heteroatoms. The minimum absolute atomic E-state index is 0.103. The van der Waals surface area contributed by atoms with Gasteiger partial charge in [0, 0.05) is 20.1 Å². The molecule has 0 aliphatic heterocycles. The molecule has 0 aromatic heterocycles. The van der Waals surface area contributed by atoms with Crippen molar-refractivity contribution in [2.75, 3.05) is 19.4 Å². The normalized spacial score (nSPS) is 22.4. The van der Waals surface area contributed by atoms with Crippen LogP contribution in [0.2, 0.25) is 0 Å². The minimum atomic E-state index is -0.385. The van der Waals surface area contributed by atoms with Crippen molar-refractivity contribution in [3.63, 3.8) is 0 Å². The number of para-hydroxylation sites is 1. The van der Waals surface area contributed by atoms with Crippen LogP contribution in [0.3, 0.4) is 0 Å². The first-order valence-electron chi connectivity index (χ1n) is 7.28. The summed E-state index contributed by atoms with van der Waals surface area (Å²) in [5.41, 5.74) is 0.696. The van der Waals surface area contributed by atoms with Crippen molar-refractivity contribution in [1.29, 1.82) is 0 Å². The number of halogens is 1. The Hall–Kier alpha value is -1.58. The van der Waals surface area contributed by atoms with Gasteiger partial charge in [0.2, 0.25) is 0 Å². The van der Waals surface area contributed by atoms with E-state index in [0.29, 0.717) is 5.56 Å². The van der Waals surface area contributed by atoms with Gasteiger partial charge in [0.25, 0.3) is 5.91 Å². The van der Waals surface area contributed by atoms with E-state index in [4.69, 9.17) is 0 Å². The highest BCUT2D eigenvalue weighted by atomic mass is 19.1. The van der Waals surface area contributed by atoms with E-state index in [1.54, 1.807) is 24.1 Å². The van der Waals surface area contributed by atoms with E-state index in [-0.39, 0.29) is 23.5 Å². The average Bonchev–Trinajstić information content (AvgIpc) is 2.46. The Morgan fingerprint density at radius 2 is 1.95 bits per heavy atom. The van der Waals surface area contributed by atoms with Crippen LogP contribution in [0.1, 0.15) is 43.0 Å². The third kappa shape index (κ3) is 2.94. The monoisotopic (exact) mass is 278 g/mol. The Kier molecular flexibility index (Phi) is 4.63. The number of benzene rings is 1. The summed E-state index contributed by atoms with van der Waals surface area (Å²) >= 11 is 0. The highest BCUT2D eigenvalue weighted by Gasteiger charge is 2.27. The molecular weight excluding hydrogens is 255 g/mol. The molecule has 1 N–H and O–H groups in total. The van der Waals surface area contributed by atoms with E-state index in [2.05, 4.69) is 12.2 Å². The lowest BCUT2D eigenvalue weighted by Gasteiger charge is -2.34. The Morgan fingerprint density at radius 1 is 1.30 bits per heavy atom. The SMILES string of the molecule is CNc1c(F)cccc1C(=O)N(C)C1CCC(C)CC1. The van der Waals surface area contributed by atoms with Crippen molar-refractivity contribution < 1.29 is 9.18 Å². The van der Waals surface area contributed by atoms with Crippen LogP contribution < -0.4 is 5.32 Å². The zero-order chi connectivity index (χ0) is 14.7. The first kappa shape index (κ1) is 14.8. The molecule has 1 aliphatic carbocycles. The summed E-state index contributed by atoms with van der Waals surface area (Å²) in [6.45, 7) is 2.25. The number of amides is 1. The van der Waals surface area contributed by atoms with E-state index in [1.165, 1.54) is 6.07 Å². The first-order valence-corrected chi connectivity index (χ1v) is 7.28. The molecule has 1 aromatic carbocycles. The highest BCUT2D eigenvalue weighted by Crippen LogP contribution is 2.28. The summed E-state index contributed by atoms with van der Waals surface area (Å²) in [5, 5.41) is 2.79. The second-order valence-electron chi connectivity index (χ2n) is 5.74. The van der Waals surface area contributed by atoms with Gasteiger partial charge < -0.3 is 10.2 Å². The Labute approximate surface area is 120 Å². The van der Waals surface area contributed by atoms with Crippen molar-refractivity contribution in [3.05, 3.63) is 29.6 Å². The van der Waals surface area contributed by atoms with Gasteiger partial charge in [-0.3, -0.25) is 4.79 Å². The van der Waals surface area contributed by atoms with Gasteiger partial charge in [0.05, 0.1) is 11.3 Å². The molecule has 0 radical (unpaired) electrons. The van der Waals surface area contributed by atoms with Gasteiger partial charge in [-0.25, -0.2) is 4.39 Å². The van der Waals surface area contributed by atoms with E-state index in [9.17, 15) is 9.18 Å². The van der Waals surface area contributed by atoms with Crippen LogP contribution >= 0.6 is 0 Å². The molecule has 0 saturated heterocycles. The van der Waals surface area contributed by atoms with Crippen LogP contribution in [0.4, 0.5) is 10.1 Å². The van der Waals surface area contributed by atoms with Crippen molar-refractivity contribution in [1.82, 2.24) is 4.90 Å². The molecule has 0 atom stereocenters. The molecule has 1 aliphatic rings. The van der Waals surface area contributed by atoms with E-state index >= 15 is 0 Å². The number of nitrogens with zero attached hydrogens (tertiary/aromatic N) is 1. The van der Waals surface area contributed by atoms with Crippen LogP contribution in [0.15, 0.2) is 18.2 Å². The van der Waals surface area contributed by atoms with Crippen molar-refractivity contribution in [3.8, 4) is 0 Å². The van der Waals surface area contributed by atoms with Crippen LogP contribution in [-0.2, 0) is 0 Å². The summed E-state index contributed by atoms with van der Waals surface area (Å²) in [5.74, 6) is 0.259. The number of hydrogen-bond donors (Lipinski definition) is 1. The molecule has 1 amide bonds. The maximum absolute atomic E-state index is 13.7. The molecule has 20 heavy (non-hydrogen) atoms. The average molecular weight is 278 g/mol. The molecule has 1 aromatic rings. The Balaban J connectivity index is 2.16. The molecule has 2 rings (SSSR count). The fraction of sp³-hybridized carbons (Fsp3) is 0.562. The number of carbonyl (C=O) groups excluding carboxylic acids is 1. The van der Waals surface area contributed by atoms with Gasteiger partial charge in [0.1, 0.15) is 5.82 Å². The van der Waals surface area contributed by atoms with E-state index in [0.717, 1.165) is 31.6 Å². The zero-order valence-electron chi connectivity index (χ0n) is 12.4. The standard InChI is InChI=1S/C16H23FN2O/c1-11-7-9-12(10-8-11)19(3)16(20)13-5-4-6-14(17)15(13)18-2/h4-6,11-12,18H,7-10H2,1-3H3. The van der Waals surface area contributed by atoms with Crippen molar-refractivity contribution in [2.24, 2.45) is 5.92 Å². The molecule has 1 saturated carbocycles. The van der Waals surface area contributed by atoms with Crippen molar-refractivity contribution in [2.45, 2.75) is 38.6 Å². The van der Waals surface area contributed by atoms with Gasteiger partial charge in [-0.2, -0.15) is 0 Å². The maximum atomic E-state index is 13.7. The van der Waals surface area contributed by atoms with Gasteiger partial charge in [-0.1, -0.05) is 13.0 Å². The summed E-state index contributed by atoms with van der Waals surface area (Å²) in [6, 6.07) is 4.90. The van der Waals surface area contributed by atoms with E-state index < -0.39 is 0 Å². The molecule has 3 nitrogen and oxygen atoms in total. The lowest BCUT2D eigenvalue weighted by Crippen LogP contribution is -2.39. The number of rotatable bonds is 3. The largest absolute Gasteiger partial charge is 0.385 e. The van der Waals surface area contributed by atoms with Gasteiger partial charge >= 0.3 is 0 Å². The van der Waals surface area contributed by atoms with Crippen LogP contribution in [0.5, 0.6) is 0 Å². The molecule has 0 unspecified atom stereocenters. The first-order chi connectivity index (χ1) is 9.54. The number of anilines is 1. The second kappa shape index (κ2) is 6.25. The minimum Gasteiger partial charge on any atom is -0.385 e. The Bertz CT molecular complexity index is 481. The molecule has 110 valence electrons. The lowest BCUT2D eigenvalue weighted by atomic mass is 9.86. The smallest absolute Gasteiger partial charge is 0.256 e. The summed E-state index contributed by atoms with van der Waals surface area (Å²) in [7, 11) is 3.46. The molecule has 1 fully saturated rings. The fourth-order valence-corrected chi connectivity index (χ4v) is 2.94. The maximum Gasteiger partial charge on any atom is 0.256 e. The Morgan fingerprint density at radius 3 is 2.55 bits per heavy atom. The quantitative estimate of drug-likeness (QED) is 0.917. The second-order valence-corrected chi connectivity index (χ2v) is 5.74. The van der Waals surface area contributed by atoms with Crippen LogP contribution in [0, 0.1) is 11.7 Å². The molecule has 0 bridgehead atoms. The molecule has 0 heterocycles. The third-order valence-corrected chi connectivity index (χ3v) is 4.35. The van der Waals surface area contributed by atoms with Crippen LogP contribution in [0.25, 0.3) is 0 Å². The summed E-state index contributed by atoms with van der Waals surface area (Å²) in [4.78, 5) is 14.4. The topological polar surface area (TPSA) is 32.3 Å². The van der Waals surface area contributed by atoms with Gasteiger partial charge in [-0.05, 0) is 43.7 Å². The number of nitrogens with one attached hydrogen (secondary N) is 1. The van der Waals surface area contributed by atoms with Gasteiger partial charge in [-0.15, -0.1) is 0 Å². The zero-order valence-corrected chi connectivity index (χ0v) is 12.4. The predicted molar refractivity (Wildman–Crippen MR) is 79.5 cm³/mol. The highest BCUT2D eigenvalue weighted by molar-refractivity contribution is 5.99. The van der Waals surface area contributed by atoms with Crippen LogP contribution in [-0.4, -0.2) is 30.9 Å². The molecule has 0 spiro atoms. The summed E-state index contributed by atoms with van der Waals surface area (Å²) in [6.07, 6.45) is 4.38. The third-order valence-electron chi connectivity index (χ3n) is 4.35. The summed E-state index contributed by atoms with van der Waals surface area (Å²) < 4.78 is 13.7. The lowest BCUT2D eigenvalue weighted by molar-refractivity contribution is 0.0680. The van der Waals surface area contributed by atoms with Crippen molar-refractivity contribution >= 4 is 11.6 Å². The molecular formula is C16H23FN2O. The predicted octanol–water partition coefficient (Wildman–Crippen LogP) is 3.52. The van der Waals surface area contributed by atoms with E-state index in [1.807, 2.05) is 7.05 Å². The number of hydrogen-bond acceptors (Lipinski definition) is 2. The fourth-order valence-electron chi connectivity index (χ4n) is 2.94. The number of carbonyl (C=O) groups is 1.